The SMILES string of the molecule is COc1ccc(N(C)c2cc(N)cc([N+](=O)[O-])c2)cc1. The minimum Gasteiger partial charge on any atom is -0.497 e. The first kappa shape index (κ1) is 13.7. The molecule has 6 heteroatoms. The molecule has 0 fully saturated rings. The van der Waals surface area contributed by atoms with E-state index >= 15 is 0 Å². The molecule has 0 aliphatic heterocycles. The predicted octanol–water partition coefficient (Wildman–Crippen LogP) is 2.95. The summed E-state index contributed by atoms with van der Waals surface area (Å²) >= 11 is 0. The number of nitro benzene ring substituents is 1. The molecule has 0 bridgehead atoms. The van der Waals surface area contributed by atoms with Gasteiger partial charge in [0.15, 0.2) is 0 Å². The van der Waals surface area contributed by atoms with E-state index in [1.165, 1.54) is 12.1 Å². The van der Waals surface area contributed by atoms with Gasteiger partial charge in [-0.25, -0.2) is 0 Å². The van der Waals surface area contributed by atoms with Crippen molar-refractivity contribution >= 4 is 22.7 Å². The molecule has 0 aliphatic carbocycles. The highest BCUT2D eigenvalue weighted by Crippen LogP contribution is 2.30. The number of rotatable bonds is 4. The van der Waals surface area contributed by atoms with Crippen LogP contribution < -0.4 is 15.4 Å². The Labute approximate surface area is 116 Å². The van der Waals surface area contributed by atoms with Crippen LogP contribution in [-0.2, 0) is 0 Å². The van der Waals surface area contributed by atoms with Gasteiger partial charge in [0, 0.05) is 36.2 Å². The lowest BCUT2D eigenvalue weighted by Gasteiger charge is -2.20. The van der Waals surface area contributed by atoms with Crippen LogP contribution in [-0.4, -0.2) is 19.1 Å². The summed E-state index contributed by atoms with van der Waals surface area (Å²) in [5, 5.41) is 10.9. The maximum absolute atomic E-state index is 10.9. The van der Waals surface area contributed by atoms with Crippen molar-refractivity contribution in [1.29, 1.82) is 0 Å². The number of ether oxygens (including phenoxy) is 1. The number of nitro groups is 1. The second-order valence-electron chi connectivity index (χ2n) is 4.30. The maximum Gasteiger partial charge on any atom is 0.273 e. The van der Waals surface area contributed by atoms with E-state index in [0.717, 1.165) is 11.4 Å². The summed E-state index contributed by atoms with van der Waals surface area (Å²) in [5.41, 5.74) is 7.57. The Hall–Kier alpha value is -2.76. The first-order chi connectivity index (χ1) is 9.51. The van der Waals surface area contributed by atoms with E-state index in [1.807, 2.05) is 36.2 Å². The monoisotopic (exact) mass is 273 g/mol. The average Bonchev–Trinajstić information content (AvgIpc) is 2.46. The Bertz CT molecular complexity index is 626. The topological polar surface area (TPSA) is 81.6 Å². The van der Waals surface area contributed by atoms with E-state index in [2.05, 4.69) is 0 Å². The summed E-state index contributed by atoms with van der Waals surface area (Å²) < 4.78 is 5.10. The molecule has 0 spiro atoms. The molecule has 0 aliphatic rings. The van der Waals surface area contributed by atoms with Crippen molar-refractivity contribution in [2.75, 3.05) is 24.8 Å². The number of methoxy groups -OCH3 is 1. The Morgan fingerprint density at radius 1 is 1.15 bits per heavy atom. The Morgan fingerprint density at radius 3 is 2.35 bits per heavy atom. The van der Waals surface area contributed by atoms with Crippen molar-refractivity contribution in [3.63, 3.8) is 0 Å². The van der Waals surface area contributed by atoms with Gasteiger partial charge in [0.1, 0.15) is 5.75 Å². The largest absolute Gasteiger partial charge is 0.497 e. The van der Waals surface area contributed by atoms with Crippen molar-refractivity contribution in [3.8, 4) is 5.75 Å². The second-order valence-corrected chi connectivity index (χ2v) is 4.30. The lowest BCUT2D eigenvalue weighted by atomic mass is 10.2. The highest BCUT2D eigenvalue weighted by molar-refractivity contribution is 5.69. The first-order valence-corrected chi connectivity index (χ1v) is 5.94. The molecule has 20 heavy (non-hydrogen) atoms. The van der Waals surface area contributed by atoms with Crippen molar-refractivity contribution in [3.05, 3.63) is 52.6 Å². The summed E-state index contributed by atoms with van der Waals surface area (Å²) in [6.07, 6.45) is 0. The molecule has 2 aromatic rings. The van der Waals surface area contributed by atoms with Crippen molar-refractivity contribution in [1.82, 2.24) is 0 Å². The summed E-state index contributed by atoms with van der Waals surface area (Å²) in [7, 11) is 3.42. The summed E-state index contributed by atoms with van der Waals surface area (Å²) in [5.74, 6) is 0.751. The van der Waals surface area contributed by atoms with Gasteiger partial charge < -0.3 is 15.4 Å². The second kappa shape index (κ2) is 5.48. The molecule has 0 unspecified atom stereocenters. The van der Waals surface area contributed by atoms with Gasteiger partial charge in [-0.3, -0.25) is 10.1 Å². The zero-order valence-corrected chi connectivity index (χ0v) is 11.2. The van der Waals surface area contributed by atoms with Gasteiger partial charge in [-0.1, -0.05) is 0 Å². The number of nitrogen functional groups attached to an aromatic ring is 1. The molecule has 0 atom stereocenters. The standard InChI is InChI=1S/C14H15N3O3/c1-16(11-3-5-14(20-2)6-4-11)12-7-10(15)8-13(9-12)17(18)19/h3-9H,15H2,1-2H3. The van der Waals surface area contributed by atoms with E-state index in [-0.39, 0.29) is 5.69 Å². The van der Waals surface area contributed by atoms with Crippen LogP contribution in [0.2, 0.25) is 0 Å². The van der Waals surface area contributed by atoms with E-state index in [0.29, 0.717) is 11.4 Å². The van der Waals surface area contributed by atoms with Crippen molar-refractivity contribution < 1.29 is 9.66 Å². The molecule has 0 heterocycles. The number of non-ortho nitro benzene ring substituents is 1. The zero-order chi connectivity index (χ0) is 14.7. The van der Waals surface area contributed by atoms with Gasteiger partial charge in [0.2, 0.25) is 0 Å². The highest BCUT2D eigenvalue weighted by atomic mass is 16.6. The van der Waals surface area contributed by atoms with Gasteiger partial charge in [0.05, 0.1) is 12.0 Å². The van der Waals surface area contributed by atoms with Gasteiger partial charge >= 0.3 is 0 Å². The number of benzene rings is 2. The van der Waals surface area contributed by atoms with E-state index < -0.39 is 4.92 Å². The minimum absolute atomic E-state index is 0.0274. The Balaban J connectivity index is 2.36. The Kier molecular flexibility index (Phi) is 3.74. The highest BCUT2D eigenvalue weighted by Gasteiger charge is 2.12. The molecule has 0 radical (unpaired) electrons. The number of hydrogen-bond acceptors (Lipinski definition) is 5. The minimum atomic E-state index is -0.457. The third-order valence-electron chi connectivity index (χ3n) is 2.98. The van der Waals surface area contributed by atoms with Crippen molar-refractivity contribution in [2.24, 2.45) is 0 Å². The molecule has 104 valence electrons. The van der Waals surface area contributed by atoms with Crippen LogP contribution in [0.3, 0.4) is 0 Å². The third kappa shape index (κ3) is 2.80. The lowest BCUT2D eigenvalue weighted by Crippen LogP contribution is -2.10. The average molecular weight is 273 g/mol. The van der Waals surface area contributed by atoms with E-state index in [1.54, 1.807) is 13.2 Å². The van der Waals surface area contributed by atoms with Gasteiger partial charge in [0.25, 0.3) is 5.69 Å². The number of nitrogens with two attached hydrogens (primary N) is 1. The molecule has 2 rings (SSSR count). The predicted molar refractivity (Wildman–Crippen MR) is 78.6 cm³/mol. The smallest absolute Gasteiger partial charge is 0.273 e. The first-order valence-electron chi connectivity index (χ1n) is 5.94. The molecular formula is C14H15N3O3. The van der Waals surface area contributed by atoms with E-state index in [9.17, 15) is 10.1 Å². The van der Waals surface area contributed by atoms with Gasteiger partial charge in [-0.05, 0) is 30.3 Å². The molecule has 0 saturated carbocycles. The van der Waals surface area contributed by atoms with Crippen LogP contribution >= 0.6 is 0 Å². The lowest BCUT2D eigenvalue weighted by molar-refractivity contribution is -0.384. The van der Waals surface area contributed by atoms with Crippen LogP contribution in [0.4, 0.5) is 22.7 Å². The summed E-state index contributed by atoms with van der Waals surface area (Å²) in [6, 6.07) is 11.9. The summed E-state index contributed by atoms with van der Waals surface area (Å²) in [4.78, 5) is 12.2. The number of anilines is 3. The molecule has 0 amide bonds. The summed E-state index contributed by atoms with van der Waals surface area (Å²) in [6.45, 7) is 0. The van der Waals surface area contributed by atoms with E-state index in [4.69, 9.17) is 10.5 Å². The fourth-order valence-electron chi connectivity index (χ4n) is 1.87. The van der Waals surface area contributed by atoms with Crippen LogP contribution in [0, 0.1) is 10.1 Å². The Morgan fingerprint density at radius 2 is 1.80 bits per heavy atom. The molecule has 6 nitrogen and oxygen atoms in total. The number of hydrogen-bond donors (Lipinski definition) is 1. The maximum atomic E-state index is 10.9. The molecular weight excluding hydrogens is 258 g/mol. The fraction of sp³-hybridized carbons (Fsp3) is 0.143. The molecule has 0 saturated heterocycles. The van der Waals surface area contributed by atoms with Crippen LogP contribution in [0.25, 0.3) is 0 Å². The van der Waals surface area contributed by atoms with Crippen LogP contribution in [0.1, 0.15) is 0 Å². The quantitative estimate of drug-likeness (QED) is 0.526. The fourth-order valence-corrected chi connectivity index (χ4v) is 1.87. The van der Waals surface area contributed by atoms with Crippen molar-refractivity contribution in [2.45, 2.75) is 0 Å². The van der Waals surface area contributed by atoms with Crippen LogP contribution in [0.15, 0.2) is 42.5 Å². The molecule has 2 aromatic carbocycles. The molecule has 0 aromatic heterocycles. The van der Waals surface area contributed by atoms with Crippen LogP contribution in [0.5, 0.6) is 5.75 Å². The molecule has 2 N–H and O–H groups in total. The zero-order valence-electron chi connectivity index (χ0n) is 11.2. The van der Waals surface area contributed by atoms with Gasteiger partial charge in [-0.2, -0.15) is 0 Å². The normalized spacial score (nSPS) is 10.1. The third-order valence-corrected chi connectivity index (χ3v) is 2.98. The van der Waals surface area contributed by atoms with Gasteiger partial charge in [-0.15, -0.1) is 0 Å². The number of nitrogens with zero attached hydrogens (tertiary/aromatic N) is 2.